The van der Waals surface area contributed by atoms with E-state index in [0.717, 1.165) is 18.4 Å². The molecule has 1 rings (SSSR count). The summed E-state index contributed by atoms with van der Waals surface area (Å²) in [5.41, 5.74) is 2.30. The van der Waals surface area contributed by atoms with E-state index >= 15 is 0 Å². The van der Waals surface area contributed by atoms with E-state index in [0.29, 0.717) is 13.0 Å². The third kappa shape index (κ3) is 5.33. The van der Waals surface area contributed by atoms with Crippen molar-refractivity contribution in [2.24, 2.45) is 0 Å². The van der Waals surface area contributed by atoms with Crippen molar-refractivity contribution >= 4 is 10.0 Å². The van der Waals surface area contributed by atoms with Crippen LogP contribution in [0.25, 0.3) is 0 Å². The van der Waals surface area contributed by atoms with Gasteiger partial charge in [0, 0.05) is 6.54 Å². The Balaban J connectivity index is 2.52. The van der Waals surface area contributed by atoms with Crippen LogP contribution in [-0.4, -0.2) is 14.2 Å². The number of aryl methyl sites for hydroxylation is 1. The van der Waals surface area contributed by atoms with Gasteiger partial charge in [-0.2, -0.15) is 0 Å². The molecule has 3 nitrogen and oxygen atoms in total. The third-order valence-corrected chi connectivity index (χ3v) is 4.06. The van der Waals surface area contributed by atoms with E-state index in [-0.39, 0.29) is 5.75 Å². The highest BCUT2D eigenvalue weighted by Gasteiger charge is 2.07. The van der Waals surface area contributed by atoms with E-state index < -0.39 is 10.0 Å². The van der Waals surface area contributed by atoms with Gasteiger partial charge in [0.15, 0.2) is 0 Å². The van der Waals surface area contributed by atoms with Gasteiger partial charge in [0.2, 0.25) is 10.0 Å². The fourth-order valence-electron chi connectivity index (χ4n) is 1.65. The van der Waals surface area contributed by atoms with Crippen LogP contribution in [0, 0.1) is 0 Å². The van der Waals surface area contributed by atoms with Crippen LogP contribution in [0.15, 0.2) is 24.3 Å². The van der Waals surface area contributed by atoms with Crippen LogP contribution in [0.4, 0.5) is 0 Å². The largest absolute Gasteiger partial charge is 0.212 e. The van der Waals surface area contributed by atoms with Crippen LogP contribution in [0.2, 0.25) is 0 Å². The van der Waals surface area contributed by atoms with Gasteiger partial charge in [-0.15, -0.1) is 0 Å². The summed E-state index contributed by atoms with van der Waals surface area (Å²) in [6.07, 6.45) is 2.84. The molecule has 1 N–H and O–H groups in total. The Morgan fingerprint density at radius 1 is 1.00 bits per heavy atom. The van der Waals surface area contributed by atoms with Crippen LogP contribution in [0.3, 0.4) is 0 Å². The molecule has 0 aliphatic heterocycles. The molecule has 1 aromatic rings. The van der Waals surface area contributed by atoms with Gasteiger partial charge in [-0.25, -0.2) is 13.1 Å². The molecule has 0 aromatic heterocycles. The summed E-state index contributed by atoms with van der Waals surface area (Å²) in [5.74, 6) is 0.195. The minimum Gasteiger partial charge on any atom is -0.212 e. The zero-order chi connectivity index (χ0) is 12.7. The van der Waals surface area contributed by atoms with Gasteiger partial charge in [-0.3, -0.25) is 0 Å². The molecule has 0 aliphatic rings. The Bertz CT molecular complexity index is 423. The van der Waals surface area contributed by atoms with Crippen molar-refractivity contribution in [3.63, 3.8) is 0 Å². The van der Waals surface area contributed by atoms with Crippen molar-refractivity contribution in [2.75, 3.05) is 5.75 Å². The summed E-state index contributed by atoms with van der Waals surface area (Å²) in [5, 5.41) is 0. The molecule has 0 atom stereocenters. The summed E-state index contributed by atoms with van der Waals surface area (Å²) < 4.78 is 25.5. The molecule has 0 spiro atoms. The smallest absolute Gasteiger partial charge is 0.211 e. The maximum Gasteiger partial charge on any atom is 0.211 e. The molecule has 0 unspecified atom stereocenters. The first kappa shape index (κ1) is 14.2. The zero-order valence-corrected chi connectivity index (χ0v) is 11.4. The lowest BCUT2D eigenvalue weighted by Gasteiger charge is -2.06. The van der Waals surface area contributed by atoms with Crippen LogP contribution < -0.4 is 4.72 Å². The summed E-state index contributed by atoms with van der Waals surface area (Å²) in [6.45, 7) is 4.39. The molecule has 0 radical (unpaired) electrons. The van der Waals surface area contributed by atoms with Crippen molar-refractivity contribution in [1.29, 1.82) is 0 Å². The normalized spacial score (nSPS) is 11.6. The molecule has 0 aliphatic carbocycles. The molecular formula is C13H21NO2S. The number of hydrogen-bond acceptors (Lipinski definition) is 2. The third-order valence-electron chi connectivity index (χ3n) is 2.53. The molecule has 17 heavy (non-hydrogen) atoms. The summed E-state index contributed by atoms with van der Waals surface area (Å²) >= 11 is 0. The quantitative estimate of drug-likeness (QED) is 0.813. The fraction of sp³-hybridized carbons (Fsp3) is 0.538. The van der Waals surface area contributed by atoms with E-state index in [1.807, 2.05) is 19.1 Å². The monoisotopic (exact) mass is 255 g/mol. The van der Waals surface area contributed by atoms with E-state index in [1.54, 1.807) is 0 Å². The highest BCUT2D eigenvalue weighted by molar-refractivity contribution is 7.89. The average molecular weight is 255 g/mol. The van der Waals surface area contributed by atoms with Crippen molar-refractivity contribution in [2.45, 2.75) is 39.7 Å². The Morgan fingerprint density at radius 3 is 2.12 bits per heavy atom. The number of nitrogens with one attached hydrogen (secondary N) is 1. The molecule has 0 saturated carbocycles. The molecule has 0 fully saturated rings. The number of rotatable bonds is 7. The van der Waals surface area contributed by atoms with Gasteiger partial charge in [-0.05, 0) is 24.0 Å². The minimum atomic E-state index is -3.10. The Morgan fingerprint density at radius 2 is 1.59 bits per heavy atom. The van der Waals surface area contributed by atoms with Gasteiger partial charge in [0.05, 0.1) is 5.75 Å². The van der Waals surface area contributed by atoms with E-state index in [2.05, 4.69) is 23.8 Å². The van der Waals surface area contributed by atoms with Crippen molar-refractivity contribution in [3.05, 3.63) is 35.4 Å². The van der Waals surface area contributed by atoms with E-state index in [1.165, 1.54) is 5.56 Å². The first-order chi connectivity index (χ1) is 8.07. The maximum absolute atomic E-state index is 11.5. The molecular weight excluding hydrogens is 234 g/mol. The number of sulfonamides is 1. The molecule has 1 aromatic carbocycles. The molecule has 96 valence electrons. The summed E-state index contributed by atoms with van der Waals surface area (Å²) in [6, 6.07) is 8.10. The standard InChI is InChI=1S/C13H21NO2S/c1-3-5-12-6-8-13(9-7-12)11-14-17(15,16)10-4-2/h6-9,14H,3-5,10-11H2,1-2H3. The van der Waals surface area contributed by atoms with Crippen LogP contribution in [0.1, 0.15) is 37.8 Å². The van der Waals surface area contributed by atoms with Crippen LogP contribution >= 0.6 is 0 Å². The lowest BCUT2D eigenvalue weighted by atomic mass is 10.1. The molecule has 0 amide bonds. The Kier molecular flexibility index (Phi) is 5.65. The maximum atomic E-state index is 11.5. The SMILES string of the molecule is CCCc1ccc(CNS(=O)(=O)CCC)cc1. The topological polar surface area (TPSA) is 46.2 Å². The molecule has 0 bridgehead atoms. The van der Waals surface area contributed by atoms with Crippen LogP contribution in [0.5, 0.6) is 0 Å². The van der Waals surface area contributed by atoms with Gasteiger partial charge in [-0.1, -0.05) is 44.5 Å². The first-order valence-electron chi connectivity index (χ1n) is 6.12. The number of hydrogen-bond donors (Lipinski definition) is 1. The highest BCUT2D eigenvalue weighted by Crippen LogP contribution is 2.07. The van der Waals surface area contributed by atoms with Crippen molar-refractivity contribution in [1.82, 2.24) is 4.72 Å². The van der Waals surface area contributed by atoms with Gasteiger partial charge < -0.3 is 0 Å². The summed E-state index contributed by atoms with van der Waals surface area (Å²) in [4.78, 5) is 0. The number of benzene rings is 1. The Hall–Kier alpha value is -0.870. The molecule has 0 saturated heterocycles. The van der Waals surface area contributed by atoms with Crippen LogP contribution in [-0.2, 0) is 23.0 Å². The predicted molar refractivity (Wildman–Crippen MR) is 71.4 cm³/mol. The summed E-state index contributed by atoms with van der Waals surface area (Å²) in [7, 11) is -3.10. The lowest BCUT2D eigenvalue weighted by Crippen LogP contribution is -2.25. The Labute approximate surface area is 104 Å². The predicted octanol–water partition coefficient (Wildman–Crippen LogP) is 2.47. The van der Waals surface area contributed by atoms with Gasteiger partial charge in [0.25, 0.3) is 0 Å². The fourth-order valence-corrected chi connectivity index (χ4v) is 2.72. The minimum absolute atomic E-state index is 0.195. The van der Waals surface area contributed by atoms with Crippen molar-refractivity contribution < 1.29 is 8.42 Å². The van der Waals surface area contributed by atoms with E-state index in [4.69, 9.17) is 0 Å². The zero-order valence-electron chi connectivity index (χ0n) is 10.6. The second kappa shape index (κ2) is 6.77. The second-order valence-electron chi connectivity index (χ2n) is 4.21. The highest BCUT2D eigenvalue weighted by atomic mass is 32.2. The lowest BCUT2D eigenvalue weighted by molar-refractivity contribution is 0.580. The van der Waals surface area contributed by atoms with Gasteiger partial charge >= 0.3 is 0 Å². The molecule has 0 heterocycles. The average Bonchev–Trinajstić information content (AvgIpc) is 2.29. The van der Waals surface area contributed by atoms with Crippen molar-refractivity contribution in [3.8, 4) is 0 Å². The second-order valence-corrected chi connectivity index (χ2v) is 6.13. The van der Waals surface area contributed by atoms with Gasteiger partial charge in [0.1, 0.15) is 0 Å². The van der Waals surface area contributed by atoms with E-state index in [9.17, 15) is 8.42 Å². The molecule has 4 heteroatoms. The first-order valence-corrected chi connectivity index (χ1v) is 7.77.